The lowest BCUT2D eigenvalue weighted by Gasteiger charge is -2.29. The van der Waals surface area contributed by atoms with Gasteiger partial charge in [-0.3, -0.25) is 4.79 Å². The van der Waals surface area contributed by atoms with Crippen LogP contribution in [0.15, 0.2) is 24.3 Å². The third-order valence-electron chi connectivity index (χ3n) is 4.41. The van der Waals surface area contributed by atoms with Crippen LogP contribution in [0.25, 0.3) is 0 Å². The van der Waals surface area contributed by atoms with Crippen LogP contribution in [0, 0.1) is 5.92 Å². The average Bonchev–Trinajstić information content (AvgIpc) is 2.99. The van der Waals surface area contributed by atoms with Crippen molar-refractivity contribution in [3.05, 3.63) is 29.8 Å². The van der Waals surface area contributed by atoms with E-state index in [1.54, 1.807) is 12.1 Å². The Balaban J connectivity index is 1.95. The molecule has 1 fully saturated rings. The van der Waals surface area contributed by atoms with Crippen LogP contribution in [0.3, 0.4) is 0 Å². The van der Waals surface area contributed by atoms with Crippen molar-refractivity contribution in [2.24, 2.45) is 5.92 Å². The highest BCUT2D eigenvalue weighted by atomic mass is 16.3. The topological polar surface area (TPSA) is 52.6 Å². The molecule has 1 saturated heterocycles. The molecule has 2 N–H and O–H groups in total. The van der Waals surface area contributed by atoms with Crippen molar-refractivity contribution in [3.63, 3.8) is 0 Å². The van der Waals surface area contributed by atoms with Crippen molar-refractivity contribution >= 4 is 5.91 Å². The number of phenols is 1. The number of carbonyl (C=O) groups is 1. The maximum atomic E-state index is 12.5. The summed E-state index contributed by atoms with van der Waals surface area (Å²) in [6.45, 7) is 6.84. The molecule has 2 unspecified atom stereocenters. The van der Waals surface area contributed by atoms with Crippen molar-refractivity contribution in [2.75, 3.05) is 19.6 Å². The molecular formula is C17H26N2O2. The Hall–Kier alpha value is -1.55. The number of phenolic OH excluding ortho intramolecular Hbond substituents is 1. The van der Waals surface area contributed by atoms with Gasteiger partial charge in [0.15, 0.2) is 0 Å². The highest BCUT2D eigenvalue weighted by molar-refractivity contribution is 5.76. The van der Waals surface area contributed by atoms with E-state index >= 15 is 0 Å². The van der Waals surface area contributed by atoms with E-state index in [1.807, 2.05) is 30.9 Å². The molecule has 0 saturated carbocycles. The molecule has 2 atom stereocenters. The van der Waals surface area contributed by atoms with Crippen molar-refractivity contribution in [1.29, 1.82) is 0 Å². The van der Waals surface area contributed by atoms with Gasteiger partial charge in [-0.1, -0.05) is 12.1 Å². The number of rotatable bonds is 6. The first-order chi connectivity index (χ1) is 10.1. The van der Waals surface area contributed by atoms with E-state index in [-0.39, 0.29) is 17.7 Å². The number of carbonyl (C=O) groups excluding carboxylic acids is 1. The van der Waals surface area contributed by atoms with Gasteiger partial charge in [0.05, 0.1) is 6.04 Å². The van der Waals surface area contributed by atoms with Gasteiger partial charge < -0.3 is 15.3 Å². The molecule has 0 bridgehead atoms. The molecule has 0 aromatic heterocycles. The van der Waals surface area contributed by atoms with Crippen LogP contribution in [0.2, 0.25) is 0 Å². The first kappa shape index (κ1) is 15.8. The van der Waals surface area contributed by atoms with E-state index in [1.165, 1.54) is 6.42 Å². The molecule has 116 valence electrons. The molecule has 0 radical (unpaired) electrons. The fourth-order valence-corrected chi connectivity index (χ4v) is 3.06. The van der Waals surface area contributed by atoms with Crippen LogP contribution in [-0.4, -0.2) is 35.5 Å². The summed E-state index contributed by atoms with van der Waals surface area (Å²) in [7, 11) is 0. The predicted molar refractivity (Wildman–Crippen MR) is 84.1 cm³/mol. The first-order valence-corrected chi connectivity index (χ1v) is 7.91. The number of nitrogens with one attached hydrogen (secondary N) is 1. The molecule has 1 aromatic carbocycles. The monoisotopic (exact) mass is 290 g/mol. The molecule has 4 nitrogen and oxygen atoms in total. The largest absolute Gasteiger partial charge is 0.508 e. The molecule has 1 amide bonds. The van der Waals surface area contributed by atoms with Gasteiger partial charge in [-0.25, -0.2) is 0 Å². The fraction of sp³-hybridized carbons (Fsp3) is 0.588. The fourth-order valence-electron chi connectivity index (χ4n) is 3.06. The van der Waals surface area contributed by atoms with E-state index in [2.05, 4.69) is 5.32 Å². The normalized spacial score (nSPS) is 19.4. The summed E-state index contributed by atoms with van der Waals surface area (Å²) in [5, 5.41) is 12.9. The molecule has 21 heavy (non-hydrogen) atoms. The van der Waals surface area contributed by atoms with Crippen LogP contribution in [-0.2, 0) is 4.79 Å². The van der Waals surface area contributed by atoms with Gasteiger partial charge in [0, 0.05) is 13.0 Å². The zero-order valence-electron chi connectivity index (χ0n) is 13.0. The van der Waals surface area contributed by atoms with Gasteiger partial charge in [0.2, 0.25) is 5.91 Å². The number of amides is 1. The predicted octanol–water partition coefficient (Wildman–Crippen LogP) is 2.69. The second-order valence-electron chi connectivity index (χ2n) is 5.85. The maximum Gasteiger partial charge on any atom is 0.223 e. The van der Waals surface area contributed by atoms with Crippen molar-refractivity contribution in [3.8, 4) is 5.75 Å². The third kappa shape index (κ3) is 4.21. The van der Waals surface area contributed by atoms with E-state index in [4.69, 9.17) is 0 Å². The molecule has 2 rings (SSSR count). The van der Waals surface area contributed by atoms with Gasteiger partial charge in [-0.2, -0.15) is 0 Å². The summed E-state index contributed by atoms with van der Waals surface area (Å²) in [6.07, 6.45) is 2.76. The minimum Gasteiger partial charge on any atom is -0.508 e. The zero-order valence-corrected chi connectivity index (χ0v) is 13.0. The summed E-state index contributed by atoms with van der Waals surface area (Å²) in [4.78, 5) is 14.4. The van der Waals surface area contributed by atoms with Crippen molar-refractivity contribution < 1.29 is 9.90 Å². The third-order valence-corrected chi connectivity index (χ3v) is 4.41. The Morgan fingerprint density at radius 2 is 2.33 bits per heavy atom. The van der Waals surface area contributed by atoms with Gasteiger partial charge >= 0.3 is 0 Å². The highest BCUT2D eigenvalue weighted by Gasteiger charge is 2.22. The van der Waals surface area contributed by atoms with E-state index < -0.39 is 0 Å². The van der Waals surface area contributed by atoms with E-state index in [9.17, 15) is 9.90 Å². The summed E-state index contributed by atoms with van der Waals surface area (Å²) in [5.41, 5.74) is 0.979. The highest BCUT2D eigenvalue weighted by Crippen LogP contribution is 2.25. The minimum atomic E-state index is -0.00342. The smallest absolute Gasteiger partial charge is 0.223 e. The summed E-state index contributed by atoms with van der Waals surface area (Å²) >= 11 is 0. The van der Waals surface area contributed by atoms with Crippen LogP contribution in [0.4, 0.5) is 0 Å². The molecule has 4 heteroatoms. The molecule has 1 heterocycles. The average molecular weight is 290 g/mol. The molecular weight excluding hydrogens is 264 g/mol. The number of aromatic hydroxyl groups is 1. The van der Waals surface area contributed by atoms with Gasteiger partial charge in [-0.05, 0) is 63.4 Å². The first-order valence-electron chi connectivity index (χ1n) is 7.91. The van der Waals surface area contributed by atoms with E-state index in [0.717, 1.165) is 25.1 Å². The second-order valence-corrected chi connectivity index (χ2v) is 5.85. The standard InChI is InChI=1S/C17H26N2O2/c1-3-19(13(2)15-5-4-6-16(20)11-15)17(21)8-7-14-9-10-18-12-14/h4-6,11,13-14,18,20H,3,7-10,12H2,1-2H3. The van der Waals surface area contributed by atoms with Gasteiger partial charge in [-0.15, -0.1) is 0 Å². The SMILES string of the molecule is CCN(C(=O)CCC1CCNC1)C(C)c1cccc(O)c1. The quantitative estimate of drug-likeness (QED) is 0.847. The van der Waals surface area contributed by atoms with Crippen LogP contribution < -0.4 is 5.32 Å². The molecule has 1 aliphatic heterocycles. The summed E-state index contributed by atoms with van der Waals surface area (Å²) < 4.78 is 0. The molecule has 0 aliphatic carbocycles. The lowest BCUT2D eigenvalue weighted by atomic mass is 10.0. The Morgan fingerprint density at radius 3 is 2.95 bits per heavy atom. The lowest BCUT2D eigenvalue weighted by molar-refractivity contribution is -0.133. The Bertz CT molecular complexity index is 470. The number of hydrogen-bond acceptors (Lipinski definition) is 3. The lowest BCUT2D eigenvalue weighted by Crippen LogP contribution is -2.33. The van der Waals surface area contributed by atoms with E-state index in [0.29, 0.717) is 18.9 Å². The Morgan fingerprint density at radius 1 is 1.52 bits per heavy atom. The number of benzene rings is 1. The van der Waals surface area contributed by atoms with Gasteiger partial charge in [0.1, 0.15) is 5.75 Å². The minimum absolute atomic E-state index is 0.00342. The van der Waals surface area contributed by atoms with Crippen LogP contribution in [0.1, 0.15) is 44.7 Å². The summed E-state index contributed by atoms with van der Waals surface area (Å²) in [5.74, 6) is 1.10. The van der Waals surface area contributed by atoms with Crippen molar-refractivity contribution in [1.82, 2.24) is 10.2 Å². The molecule has 0 spiro atoms. The Labute approximate surface area is 127 Å². The molecule has 1 aromatic rings. The number of nitrogens with zero attached hydrogens (tertiary/aromatic N) is 1. The van der Waals surface area contributed by atoms with Crippen LogP contribution >= 0.6 is 0 Å². The van der Waals surface area contributed by atoms with Crippen LogP contribution in [0.5, 0.6) is 5.75 Å². The van der Waals surface area contributed by atoms with Crippen molar-refractivity contribution in [2.45, 2.75) is 39.2 Å². The maximum absolute atomic E-state index is 12.5. The number of hydrogen-bond donors (Lipinski definition) is 2. The zero-order chi connectivity index (χ0) is 15.2. The summed E-state index contributed by atoms with van der Waals surface area (Å²) in [6, 6.07) is 7.17. The Kier molecular flexibility index (Phi) is 5.62. The second kappa shape index (κ2) is 7.46. The van der Waals surface area contributed by atoms with Gasteiger partial charge in [0.25, 0.3) is 0 Å². The molecule has 1 aliphatic rings.